The second-order valence-electron chi connectivity index (χ2n) is 10.6. The van der Waals surface area contributed by atoms with Gasteiger partial charge in [0, 0.05) is 10.9 Å². The summed E-state index contributed by atoms with van der Waals surface area (Å²) in [5, 5.41) is 0.759. The fraction of sp³-hybridized carbons (Fsp3) is 0.242. The van der Waals surface area contributed by atoms with E-state index in [-0.39, 0.29) is 17.8 Å². The summed E-state index contributed by atoms with van der Waals surface area (Å²) in [6.07, 6.45) is 4.73. The second kappa shape index (κ2) is 10.1. The third-order valence-electron chi connectivity index (χ3n) is 6.92. The summed E-state index contributed by atoms with van der Waals surface area (Å²) in [6.45, 7) is 6.33. The first kappa shape index (κ1) is 24.6. The number of carbonyl (C=O) groups excluding carboxylic acids is 2. The first-order chi connectivity index (χ1) is 17.8. The number of ketones is 1. The summed E-state index contributed by atoms with van der Waals surface area (Å²) in [5.74, 6) is -0.699. The Balaban J connectivity index is 1.51. The summed E-state index contributed by atoms with van der Waals surface area (Å²) >= 11 is 0. The second-order valence-corrected chi connectivity index (χ2v) is 10.6. The minimum absolute atomic E-state index is 0.0980. The van der Waals surface area contributed by atoms with Gasteiger partial charge in [-0.3, -0.25) is 4.79 Å². The molecular weight excluding hydrogens is 458 g/mol. The average Bonchev–Trinajstić information content (AvgIpc) is 2.91. The molecule has 0 N–H and O–H groups in total. The first-order valence-electron chi connectivity index (χ1n) is 12.8. The molecule has 4 aromatic rings. The molecule has 0 fully saturated rings. The third kappa shape index (κ3) is 5.24. The predicted octanol–water partition coefficient (Wildman–Crippen LogP) is 7.45. The number of benzene rings is 3. The van der Waals surface area contributed by atoms with Gasteiger partial charge in [0.25, 0.3) is 0 Å². The molecule has 0 saturated heterocycles. The number of allylic oxidation sites excluding steroid dienone is 1. The van der Waals surface area contributed by atoms with Crippen LogP contribution < -0.4 is 0 Å². The summed E-state index contributed by atoms with van der Waals surface area (Å²) in [4.78, 5) is 31.0. The van der Waals surface area contributed by atoms with Crippen molar-refractivity contribution in [1.29, 1.82) is 0 Å². The zero-order valence-electron chi connectivity index (χ0n) is 21.6. The minimum Gasteiger partial charge on any atom is -0.454 e. The molecule has 37 heavy (non-hydrogen) atoms. The average molecular weight is 490 g/mol. The van der Waals surface area contributed by atoms with Gasteiger partial charge < -0.3 is 4.74 Å². The molecule has 5 rings (SSSR count). The highest BCUT2D eigenvalue weighted by atomic mass is 16.5. The smallest absolute Gasteiger partial charge is 0.339 e. The van der Waals surface area contributed by atoms with Crippen LogP contribution in [0.1, 0.15) is 76.7 Å². The SMILES string of the molecule is CC(C)(C)c1ccc(C=C2CCCc3c2nc2ccccc2c3C(=O)OCC(=O)c2ccccc2)cc1. The number of esters is 1. The lowest BCUT2D eigenvalue weighted by Gasteiger charge is -2.23. The van der Waals surface area contributed by atoms with Gasteiger partial charge in [0.2, 0.25) is 0 Å². The van der Waals surface area contributed by atoms with Crippen LogP contribution in [0.4, 0.5) is 0 Å². The number of nitrogens with zero attached hydrogens (tertiary/aromatic N) is 1. The fourth-order valence-electron chi connectivity index (χ4n) is 4.90. The Morgan fingerprint density at radius 3 is 2.32 bits per heavy atom. The number of carbonyl (C=O) groups is 2. The largest absolute Gasteiger partial charge is 0.454 e. The van der Waals surface area contributed by atoms with E-state index < -0.39 is 5.97 Å². The van der Waals surface area contributed by atoms with Gasteiger partial charge in [0.15, 0.2) is 12.4 Å². The number of fused-ring (bicyclic) bond motifs is 2. The van der Waals surface area contributed by atoms with Gasteiger partial charge in [-0.2, -0.15) is 0 Å². The van der Waals surface area contributed by atoms with Crippen LogP contribution >= 0.6 is 0 Å². The van der Waals surface area contributed by atoms with Crippen LogP contribution in [-0.4, -0.2) is 23.3 Å². The van der Waals surface area contributed by atoms with Crippen molar-refractivity contribution in [2.45, 2.75) is 45.4 Å². The highest BCUT2D eigenvalue weighted by molar-refractivity contribution is 6.08. The zero-order chi connectivity index (χ0) is 26.0. The molecule has 4 nitrogen and oxygen atoms in total. The van der Waals surface area contributed by atoms with Crippen LogP contribution in [0.25, 0.3) is 22.6 Å². The van der Waals surface area contributed by atoms with Crippen molar-refractivity contribution in [1.82, 2.24) is 4.98 Å². The molecule has 1 aliphatic rings. The number of Topliss-reactive ketones (excluding diaryl/α,β-unsaturated/α-hetero) is 1. The molecule has 0 amide bonds. The maximum atomic E-state index is 13.4. The Kier molecular flexibility index (Phi) is 6.75. The molecule has 0 aliphatic heterocycles. The molecule has 1 heterocycles. The third-order valence-corrected chi connectivity index (χ3v) is 6.92. The lowest BCUT2D eigenvalue weighted by Crippen LogP contribution is -2.18. The van der Waals surface area contributed by atoms with E-state index in [0.29, 0.717) is 11.1 Å². The summed E-state index contributed by atoms with van der Waals surface area (Å²) in [7, 11) is 0. The Labute approximate surface area is 218 Å². The van der Waals surface area contributed by atoms with Crippen molar-refractivity contribution < 1.29 is 14.3 Å². The molecule has 0 unspecified atom stereocenters. The highest BCUT2D eigenvalue weighted by Gasteiger charge is 2.26. The quantitative estimate of drug-likeness (QED) is 0.216. The van der Waals surface area contributed by atoms with Gasteiger partial charge in [-0.25, -0.2) is 9.78 Å². The van der Waals surface area contributed by atoms with Crippen molar-refractivity contribution in [3.63, 3.8) is 0 Å². The van der Waals surface area contributed by atoms with Gasteiger partial charge >= 0.3 is 5.97 Å². The van der Waals surface area contributed by atoms with Crippen LogP contribution in [-0.2, 0) is 16.6 Å². The molecule has 0 spiro atoms. The maximum absolute atomic E-state index is 13.4. The standard InChI is InChI=1S/C33H31NO3/c1-33(2,3)25-18-16-22(17-19-25)20-24-12-9-14-27-30(26-13-7-8-15-28(26)34-31(24)27)32(36)37-21-29(35)23-10-5-4-6-11-23/h4-8,10-11,13,15-20H,9,12,14,21H2,1-3H3. The van der Waals surface area contributed by atoms with E-state index >= 15 is 0 Å². The summed E-state index contributed by atoms with van der Waals surface area (Å²) in [5.41, 5.74) is 7.17. The van der Waals surface area contributed by atoms with E-state index in [1.807, 2.05) is 30.3 Å². The first-order valence-corrected chi connectivity index (χ1v) is 12.8. The van der Waals surface area contributed by atoms with Crippen molar-refractivity contribution >= 4 is 34.3 Å². The van der Waals surface area contributed by atoms with Gasteiger partial charge in [0.1, 0.15) is 0 Å². The topological polar surface area (TPSA) is 56.3 Å². The molecule has 0 atom stereocenters. The van der Waals surface area contributed by atoms with Gasteiger partial charge in [0.05, 0.1) is 16.8 Å². The van der Waals surface area contributed by atoms with Crippen LogP contribution in [0.2, 0.25) is 0 Å². The number of hydrogen-bond acceptors (Lipinski definition) is 4. The molecule has 4 heteroatoms. The molecule has 0 saturated carbocycles. The van der Waals surface area contributed by atoms with Gasteiger partial charge in [-0.15, -0.1) is 0 Å². The van der Waals surface area contributed by atoms with Crippen LogP contribution in [0.15, 0.2) is 78.9 Å². The maximum Gasteiger partial charge on any atom is 0.339 e. The number of para-hydroxylation sites is 1. The molecule has 186 valence electrons. The van der Waals surface area contributed by atoms with E-state index in [9.17, 15) is 9.59 Å². The molecule has 1 aromatic heterocycles. The number of rotatable bonds is 5. The lowest BCUT2D eigenvalue weighted by molar-refractivity contribution is 0.0475. The number of hydrogen-bond donors (Lipinski definition) is 0. The Hall–Kier alpha value is -4.05. The number of aromatic nitrogens is 1. The molecule has 1 aliphatic carbocycles. The van der Waals surface area contributed by atoms with E-state index in [1.165, 1.54) is 5.56 Å². The monoisotopic (exact) mass is 489 g/mol. The Bertz CT molecular complexity index is 1490. The summed E-state index contributed by atoms with van der Waals surface area (Å²) in [6, 6.07) is 25.2. The Morgan fingerprint density at radius 1 is 0.892 bits per heavy atom. The predicted molar refractivity (Wildman–Crippen MR) is 149 cm³/mol. The fourth-order valence-corrected chi connectivity index (χ4v) is 4.90. The van der Waals surface area contributed by atoms with Crippen molar-refractivity contribution in [2.75, 3.05) is 6.61 Å². The van der Waals surface area contributed by atoms with Crippen LogP contribution in [0, 0.1) is 0 Å². The number of pyridine rings is 1. The van der Waals surface area contributed by atoms with Gasteiger partial charge in [-0.1, -0.05) is 93.6 Å². The van der Waals surface area contributed by atoms with Crippen molar-refractivity contribution in [3.8, 4) is 0 Å². The Morgan fingerprint density at radius 2 is 1.59 bits per heavy atom. The van der Waals surface area contributed by atoms with Gasteiger partial charge in [-0.05, 0) is 59.1 Å². The summed E-state index contributed by atoms with van der Waals surface area (Å²) < 4.78 is 5.58. The van der Waals surface area contributed by atoms with E-state index in [4.69, 9.17) is 9.72 Å². The van der Waals surface area contributed by atoms with E-state index in [1.54, 1.807) is 24.3 Å². The van der Waals surface area contributed by atoms with Crippen molar-refractivity contribution in [2.24, 2.45) is 0 Å². The minimum atomic E-state index is -0.477. The number of ether oxygens (including phenoxy) is 1. The van der Waals surface area contributed by atoms with E-state index in [0.717, 1.165) is 52.6 Å². The van der Waals surface area contributed by atoms with Crippen LogP contribution in [0.5, 0.6) is 0 Å². The molecular formula is C33H31NO3. The zero-order valence-corrected chi connectivity index (χ0v) is 21.6. The lowest BCUT2D eigenvalue weighted by atomic mass is 9.85. The molecule has 0 radical (unpaired) electrons. The molecule has 0 bridgehead atoms. The highest BCUT2D eigenvalue weighted by Crippen LogP contribution is 2.36. The van der Waals surface area contributed by atoms with Crippen molar-refractivity contribution in [3.05, 3.63) is 112 Å². The van der Waals surface area contributed by atoms with Crippen LogP contribution in [0.3, 0.4) is 0 Å². The van der Waals surface area contributed by atoms with E-state index in [2.05, 4.69) is 51.1 Å². The molecule has 3 aromatic carbocycles. The normalized spacial score (nSPS) is 14.4.